The molecule has 1 saturated heterocycles. The van der Waals surface area contributed by atoms with Crippen molar-refractivity contribution >= 4 is 22.4 Å². The van der Waals surface area contributed by atoms with Gasteiger partial charge in [-0.3, -0.25) is 9.78 Å². The largest absolute Gasteiger partial charge is 0.370 e. The van der Waals surface area contributed by atoms with Crippen molar-refractivity contribution in [3.63, 3.8) is 0 Å². The molecule has 2 heterocycles. The van der Waals surface area contributed by atoms with E-state index in [2.05, 4.69) is 28.9 Å². The SMILES string of the molecule is Cc1ccc(C(=O)c2cnc3ccc(C)cc3c2N2CCCC2)cc1. The van der Waals surface area contributed by atoms with Crippen LogP contribution in [0.3, 0.4) is 0 Å². The van der Waals surface area contributed by atoms with Crippen molar-refractivity contribution in [1.29, 1.82) is 0 Å². The van der Waals surface area contributed by atoms with Gasteiger partial charge in [-0.1, -0.05) is 41.5 Å². The van der Waals surface area contributed by atoms with Gasteiger partial charge in [-0.25, -0.2) is 0 Å². The van der Waals surface area contributed by atoms with Crippen LogP contribution in [0.1, 0.15) is 39.9 Å². The Morgan fingerprint density at radius 2 is 1.64 bits per heavy atom. The molecule has 1 aliphatic rings. The molecule has 0 aliphatic carbocycles. The van der Waals surface area contributed by atoms with Gasteiger partial charge in [0, 0.05) is 30.2 Å². The molecule has 0 spiro atoms. The fourth-order valence-electron chi connectivity index (χ4n) is 3.60. The number of aryl methyl sites for hydroxylation is 2. The van der Waals surface area contributed by atoms with Gasteiger partial charge in [0.05, 0.1) is 16.8 Å². The monoisotopic (exact) mass is 330 g/mol. The highest BCUT2D eigenvalue weighted by Gasteiger charge is 2.23. The van der Waals surface area contributed by atoms with Crippen LogP contribution in [0.15, 0.2) is 48.7 Å². The number of benzene rings is 2. The van der Waals surface area contributed by atoms with Crippen LogP contribution in [0.5, 0.6) is 0 Å². The molecule has 0 atom stereocenters. The summed E-state index contributed by atoms with van der Waals surface area (Å²) in [6.45, 7) is 6.12. The molecule has 25 heavy (non-hydrogen) atoms. The van der Waals surface area contributed by atoms with Gasteiger partial charge in [0.2, 0.25) is 0 Å². The fourth-order valence-corrected chi connectivity index (χ4v) is 3.60. The summed E-state index contributed by atoms with van der Waals surface area (Å²) in [6.07, 6.45) is 4.11. The van der Waals surface area contributed by atoms with E-state index in [1.54, 1.807) is 6.20 Å². The Morgan fingerprint density at radius 3 is 2.36 bits per heavy atom. The number of carbonyl (C=O) groups excluding carboxylic acids is 1. The van der Waals surface area contributed by atoms with E-state index < -0.39 is 0 Å². The molecule has 4 rings (SSSR count). The first-order valence-corrected chi connectivity index (χ1v) is 8.89. The molecule has 3 nitrogen and oxygen atoms in total. The topological polar surface area (TPSA) is 33.2 Å². The average Bonchev–Trinajstić information content (AvgIpc) is 3.15. The van der Waals surface area contributed by atoms with E-state index in [4.69, 9.17) is 0 Å². The predicted molar refractivity (Wildman–Crippen MR) is 103 cm³/mol. The summed E-state index contributed by atoms with van der Waals surface area (Å²) in [5.74, 6) is 0.0535. The maximum absolute atomic E-state index is 13.2. The molecule has 2 aromatic carbocycles. The van der Waals surface area contributed by atoms with E-state index >= 15 is 0 Å². The van der Waals surface area contributed by atoms with Crippen LogP contribution in [0.4, 0.5) is 5.69 Å². The first-order valence-electron chi connectivity index (χ1n) is 8.89. The number of anilines is 1. The van der Waals surface area contributed by atoms with Crippen LogP contribution in [0.2, 0.25) is 0 Å². The van der Waals surface area contributed by atoms with Gasteiger partial charge in [0.15, 0.2) is 5.78 Å². The Kier molecular flexibility index (Phi) is 4.00. The van der Waals surface area contributed by atoms with Gasteiger partial charge in [0.1, 0.15) is 0 Å². The highest BCUT2D eigenvalue weighted by Crippen LogP contribution is 2.34. The number of ketones is 1. The predicted octanol–water partition coefficient (Wildman–Crippen LogP) is 4.68. The number of pyridine rings is 1. The molecule has 0 bridgehead atoms. The van der Waals surface area contributed by atoms with Crippen molar-refractivity contribution in [2.45, 2.75) is 26.7 Å². The lowest BCUT2D eigenvalue weighted by molar-refractivity contribution is 0.103. The van der Waals surface area contributed by atoms with E-state index in [-0.39, 0.29) is 5.78 Å². The summed E-state index contributed by atoms with van der Waals surface area (Å²) in [5, 5.41) is 1.08. The minimum atomic E-state index is 0.0535. The highest BCUT2D eigenvalue weighted by molar-refractivity contribution is 6.16. The van der Waals surface area contributed by atoms with Crippen molar-refractivity contribution in [2.75, 3.05) is 18.0 Å². The minimum Gasteiger partial charge on any atom is -0.370 e. The Morgan fingerprint density at radius 1 is 0.960 bits per heavy atom. The second-order valence-corrected chi connectivity index (χ2v) is 6.93. The molecule has 0 saturated carbocycles. The van der Waals surface area contributed by atoms with Gasteiger partial charge in [0.25, 0.3) is 0 Å². The fraction of sp³-hybridized carbons (Fsp3) is 0.273. The summed E-state index contributed by atoms with van der Waals surface area (Å²) >= 11 is 0. The van der Waals surface area contributed by atoms with Crippen LogP contribution >= 0.6 is 0 Å². The van der Waals surface area contributed by atoms with E-state index in [9.17, 15) is 4.79 Å². The maximum atomic E-state index is 13.2. The lowest BCUT2D eigenvalue weighted by Crippen LogP contribution is -2.21. The molecule has 0 radical (unpaired) electrons. The molecule has 0 unspecified atom stereocenters. The minimum absolute atomic E-state index is 0.0535. The number of nitrogens with zero attached hydrogens (tertiary/aromatic N) is 2. The first-order chi connectivity index (χ1) is 12.1. The molecule has 0 N–H and O–H groups in total. The second kappa shape index (κ2) is 6.32. The van der Waals surface area contributed by atoms with Crippen molar-refractivity contribution in [3.05, 3.63) is 70.9 Å². The summed E-state index contributed by atoms with van der Waals surface area (Å²) in [4.78, 5) is 20.1. The molecule has 3 heteroatoms. The van der Waals surface area contributed by atoms with Crippen molar-refractivity contribution < 1.29 is 4.79 Å². The zero-order chi connectivity index (χ0) is 17.4. The molecule has 3 aromatic rings. The smallest absolute Gasteiger partial charge is 0.196 e. The van der Waals surface area contributed by atoms with E-state index in [0.29, 0.717) is 5.56 Å². The van der Waals surface area contributed by atoms with Crippen molar-refractivity contribution in [1.82, 2.24) is 4.98 Å². The lowest BCUT2D eigenvalue weighted by atomic mass is 9.98. The number of hydrogen-bond acceptors (Lipinski definition) is 3. The van der Waals surface area contributed by atoms with Crippen LogP contribution in [-0.4, -0.2) is 23.9 Å². The van der Waals surface area contributed by atoms with E-state index in [0.717, 1.165) is 40.8 Å². The molecule has 1 aromatic heterocycles. The third kappa shape index (κ3) is 2.91. The molecule has 1 fully saturated rings. The maximum Gasteiger partial charge on any atom is 0.196 e. The number of carbonyl (C=O) groups is 1. The molecule has 0 amide bonds. The van der Waals surface area contributed by atoms with Crippen LogP contribution in [0, 0.1) is 13.8 Å². The van der Waals surface area contributed by atoms with Gasteiger partial charge < -0.3 is 4.90 Å². The summed E-state index contributed by atoms with van der Waals surface area (Å²) in [7, 11) is 0. The normalized spacial score (nSPS) is 14.2. The zero-order valence-corrected chi connectivity index (χ0v) is 14.7. The van der Waals surface area contributed by atoms with Crippen LogP contribution in [-0.2, 0) is 0 Å². The quantitative estimate of drug-likeness (QED) is 0.654. The number of hydrogen-bond donors (Lipinski definition) is 0. The van der Waals surface area contributed by atoms with Crippen LogP contribution < -0.4 is 4.90 Å². The number of aromatic nitrogens is 1. The standard InChI is InChI=1S/C22H22N2O/c1-15-5-8-17(9-6-15)22(25)19-14-23-20-10-7-16(2)13-18(20)21(19)24-11-3-4-12-24/h5-10,13-14H,3-4,11-12H2,1-2H3. The number of rotatable bonds is 3. The summed E-state index contributed by atoms with van der Waals surface area (Å²) in [5.41, 5.74) is 5.78. The third-order valence-corrected chi connectivity index (χ3v) is 4.98. The Balaban J connectivity index is 1.91. The van der Waals surface area contributed by atoms with Crippen molar-refractivity contribution in [3.8, 4) is 0 Å². The van der Waals surface area contributed by atoms with Gasteiger partial charge in [-0.05, 0) is 38.8 Å². The molecule has 126 valence electrons. The van der Waals surface area contributed by atoms with Gasteiger partial charge in [-0.2, -0.15) is 0 Å². The third-order valence-electron chi connectivity index (χ3n) is 4.98. The molecule has 1 aliphatic heterocycles. The lowest BCUT2D eigenvalue weighted by Gasteiger charge is -2.23. The Labute approximate surface area is 148 Å². The highest BCUT2D eigenvalue weighted by atomic mass is 16.1. The molecular weight excluding hydrogens is 308 g/mol. The molecular formula is C22H22N2O. The van der Waals surface area contributed by atoms with Gasteiger partial charge >= 0.3 is 0 Å². The summed E-state index contributed by atoms with van der Waals surface area (Å²) in [6, 6.07) is 14.1. The summed E-state index contributed by atoms with van der Waals surface area (Å²) < 4.78 is 0. The Hall–Kier alpha value is -2.68. The second-order valence-electron chi connectivity index (χ2n) is 6.93. The van der Waals surface area contributed by atoms with E-state index in [1.807, 2.05) is 37.3 Å². The average molecular weight is 330 g/mol. The van der Waals surface area contributed by atoms with E-state index in [1.165, 1.54) is 18.4 Å². The number of fused-ring (bicyclic) bond motifs is 1. The van der Waals surface area contributed by atoms with Gasteiger partial charge in [-0.15, -0.1) is 0 Å². The zero-order valence-electron chi connectivity index (χ0n) is 14.7. The van der Waals surface area contributed by atoms with Crippen LogP contribution in [0.25, 0.3) is 10.9 Å². The Bertz CT molecular complexity index is 938. The first kappa shape index (κ1) is 15.8. The van der Waals surface area contributed by atoms with Crippen molar-refractivity contribution in [2.24, 2.45) is 0 Å².